The van der Waals surface area contributed by atoms with Gasteiger partial charge < -0.3 is 16.0 Å². The molecular formula is C21H31N3O2. The van der Waals surface area contributed by atoms with Crippen molar-refractivity contribution in [1.82, 2.24) is 10.6 Å². The summed E-state index contributed by atoms with van der Waals surface area (Å²) in [6.07, 6.45) is 5.30. The summed E-state index contributed by atoms with van der Waals surface area (Å²) in [5.74, 6) is 0.481. The molecule has 2 amide bonds. The fourth-order valence-corrected chi connectivity index (χ4v) is 4.12. The average molecular weight is 357 g/mol. The van der Waals surface area contributed by atoms with Crippen LogP contribution >= 0.6 is 0 Å². The molecule has 3 N–H and O–H groups in total. The third-order valence-corrected chi connectivity index (χ3v) is 6.23. The van der Waals surface area contributed by atoms with Crippen molar-refractivity contribution >= 4 is 17.5 Å². The summed E-state index contributed by atoms with van der Waals surface area (Å²) in [6, 6.07) is 7.20. The fourth-order valence-electron chi connectivity index (χ4n) is 4.12. The van der Waals surface area contributed by atoms with Crippen molar-refractivity contribution in [1.29, 1.82) is 0 Å². The smallest absolute Gasteiger partial charge is 0.251 e. The molecule has 1 aromatic carbocycles. The lowest BCUT2D eigenvalue weighted by atomic mass is 9.67. The number of rotatable bonds is 5. The molecular weight excluding hydrogens is 326 g/mol. The molecule has 1 heterocycles. The van der Waals surface area contributed by atoms with Crippen molar-refractivity contribution in [2.24, 2.45) is 11.3 Å². The summed E-state index contributed by atoms with van der Waals surface area (Å²) in [5.41, 5.74) is 0.876. The number of amides is 2. The standard InChI is InChI=1S/C21H31N3O2/c1-4-20(2,3)24-18(25)15-8-10-17(11-9-15)23-19(26)21-12-6-5-7-16(21)13-22-14-21/h8-11,16,22H,4-7,12-14H2,1-3H3,(H,23,26)(H,24,25)/t16-,21+/m0/s1. The number of hydrogen-bond donors (Lipinski definition) is 3. The Hall–Kier alpha value is -1.88. The van der Waals surface area contributed by atoms with Crippen LogP contribution in [0.15, 0.2) is 24.3 Å². The van der Waals surface area contributed by atoms with E-state index in [1.165, 1.54) is 6.42 Å². The third kappa shape index (κ3) is 3.78. The lowest BCUT2D eigenvalue weighted by molar-refractivity contribution is -0.128. The van der Waals surface area contributed by atoms with Crippen LogP contribution in [0.4, 0.5) is 5.69 Å². The van der Waals surface area contributed by atoms with E-state index in [4.69, 9.17) is 0 Å². The average Bonchev–Trinajstić information content (AvgIpc) is 3.07. The van der Waals surface area contributed by atoms with Crippen LogP contribution in [0.5, 0.6) is 0 Å². The molecule has 26 heavy (non-hydrogen) atoms. The normalized spacial score (nSPS) is 25.4. The quantitative estimate of drug-likeness (QED) is 0.757. The van der Waals surface area contributed by atoms with Gasteiger partial charge in [0, 0.05) is 23.3 Å². The highest BCUT2D eigenvalue weighted by atomic mass is 16.2. The topological polar surface area (TPSA) is 70.2 Å². The Labute approximate surface area is 156 Å². The largest absolute Gasteiger partial charge is 0.347 e. The van der Waals surface area contributed by atoms with Crippen LogP contribution in [-0.2, 0) is 4.79 Å². The number of nitrogens with one attached hydrogen (secondary N) is 3. The van der Waals surface area contributed by atoms with Gasteiger partial charge in [-0.15, -0.1) is 0 Å². The SMILES string of the molecule is CCC(C)(C)NC(=O)c1ccc(NC(=O)[C@@]23CCCC[C@H]2CNC3)cc1. The van der Waals surface area contributed by atoms with Crippen molar-refractivity contribution in [2.45, 2.75) is 58.4 Å². The maximum absolute atomic E-state index is 13.0. The maximum Gasteiger partial charge on any atom is 0.251 e. The van der Waals surface area contributed by atoms with Crippen LogP contribution in [0.2, 0.25) is 0 Å². The molecule has 2 fully saturated rings. The van der Waals surface area contributed by atoms with Crippen LogP contribution in [0.3, 0.4) is 0 Å². The van der Waals surface area contributed by atoms with Gasteiger partial charge in [-0.3, -0.25) is 9.59 Å². The maximum atomic E-state index is 13.0. The molecule has 3 rings (SSSR count). The lowest BCUT2D eigenvalue weighted by Crippen LogP contribution is -2.44. The first kappa shape index (κ1) is 18.9. The Morgan fingerprint density at radius 1 is 1.23 bits per heavy atom. The van der Waals surface area contributed by atoms with E-state index in [-0.39, 0.29) is 22.8 Å². The summed E-state index contributed by atoms with van der Waals surface area (Å²) in [5, 5.41) is 9.53. The summed E-state index contributed by atoms with van der Waals surface area (Å²) < 4.78 is 0. The van der Waals surface area contributed by atoms with Crippen LogP contribution in [-0.4, -0.2) is 30.4 Å². The summed E-state index contributed by atoms with van der Waals surface area (Å²) in [6.45, 7) is 7.79. The van der Waals surface area contributed by atoms with Crippen molar-refractivity contribution in [2.75, 3.05) is 18.4 Å². The van der Waals surface area contributed by atoms with Gasteiger partial charge in [0.05, 0.1) is 5.41 Å². The van der Waals surface area contributed by atoms with E-state index >= 15 is 0 Å². The Bertz CT molecular complexity index is 668. The Morgan fingerprint density at radius 3 is 2.65 bits per heavy atom. The Balaban J connectivity index is 1.66. The molecule has 2 aliphatic rings. The van der Waals surface area contributed by atoms with Crippen molar-refractivity contribution in [3.63, 3.8) is 0 Å². The first-order valence-electron chi connectivity index (χ1n) is 9.81. The van der Waals surface area contributed by atoms with Gasteiger partial charge in [-0.1, -0.05) is 19.8 Å². The molecule has 5 heteroatoms. The third-order valence-electron chi connectivity index (χ3n) is 6.23. The summed E-state index contributed by atoms with van der Waals surface area (Å²) >= 11 is 0. The number of carbonyl (C=O) groups excluding carboxylic acids is 2. The zero-order valence-corrected chi connectivity index (χ0v) is 16.2. The summed E-state index contributed by atoms with van der Waals surface area (Å²) in [7, 11) is 0. The molecule has 142 valence electrons. The minimum atomic E-state index is -0.264. The summed E-state index contributed by atoms with van der Waals surface area (Å²) in [4.78, 5) is 25.3. The number of benzene rings is 1. The first-order chi connectivity index (χ1) is 12.4. The minimum absolute atomic E-state index is 0.0827. The molecule has 1 aliphatic heterocycles. The molecule has 0 aromatic heterocycles. The number of carbonyl (C=O) groups is 2. The predicted octanol–water partition coefficient (Wildman–Crippen LogP) is 3.32. The van der Waals surface area contributed by atoms with Gasteiger partial charge in [0.2, 0.25) is 5.91 Å². The number of anilines is 1. The molecule has 1 saturated heterocycles. The van der Waals surface area contributed by atoms with E-state index in [0.29, 0.717) is 11.5 Å². The molecule has 5 nitrogen and oxygen atoms in total. The zero-order valence-electron chi connectivity index (χ0n) is 16.2. The van der Waals surface area contributed by atoms with Gasteiger partial charge in [-0.2, -0.15) is 0 Å². The van der Waals surface area contributed by atoms with Crippen LogP contribution in [0.1, 0.15) is 63.2 Å². The highest BCUT2D eigenvalue weighted by Gasteiger charge is 2.49. The zero-order chi connectivity index (χ0) is 18.8. The van der Waals surface area contributed by atoms with E-state index in [9.17, 15) is 9.59 Å². The van der Waals surface area contributed by atoms with E-state index < -0.39 is 0 Å². The minimum Gasteiger partial charge on any atom is -0.347 e. The molecule has 0 spiro atoms. The number of hydrogen-bond acceptors (Lipinski definition) is 3. The highest BCUT2D eigenvalue weighted by Crippen LogP contribution is 2.44. The van der Waals surface area contributed by atoms with Crippen molar-refractivity contribution in [3.8, 4) is 0 Å². The molecule has 0 radical (unpaired) electrons. The van der Waals surface area contributed by atoms with E-state index in [0.717, 1.165) is 44.5 Å². The number of fused-ring (bicyclic) bond motifs is 1. The Kier molecular flexibility index (Phi) is 5.37. The molecule has 1 aliphatic carbocycles. The predicted molar refractivity (Wildman–Crippen MR) is 104 cm³/mol. The molecule has 2 atom stereocenters. The van der Waals surface area contributed by atoms with Gasteiger partial charge in [-0.25, -0.2) is 0 Å². The van der Waals surface area contributed by atoms with E-state index in [2.05, 4.69) is 22.9 Å². The Morgan fingerprint density at radius 2 is 1.96 bits per heavy atom. The monoisotopic (exact) mass is 357 g/mol. The van der Waals surface area contributed by atoms with Crippen molar-refractivity contribution < 1.29 is 9.59 Å². The van der Waals surface area contributed by atoms with E-state index in [1.54, 1.807) is 12.1 Å². The van der Waals surface area contributed by atoms with E-state index in [1.807, 2.05) is 26.0 Å². The fraction of sp³-hybridized carbons (Fsp3) is 0.619. The van der Waals surface area contributed by atoms with Crippen LogP contribution < -0.4 is 16.0 Å². The van der Waals surface area contributed by atoms with Crippen LogP contribution in [0.25, 0.3) is 0 Å². The van der Waals surface area contributed by atoms with Crippen LogP contribution in [0, 0.1) is 11.3 Å². The van der Waals surface area contributed by atoms with Gasteiger partial charge in [-0.05, 0) is 69.8 Å². The van der Waals surface area contributed by atoms with Gasteiger partial charge in [0.1, 0.15) is 0 Å². The molecule has 0 bridgehead atoms. The molecule has 0 unspecified atom stereocenters. The van der Waals surface area contributed by atoms with Gasteiger partial charge in [0.15, 0.2) is 0 Å². The molecule has 1 saturated carbocycles. The highest BCUT2D eigenvalue weighted by molar-refractivity contribution is 5.98. The first-order valence-corrected chi connectivity index (χ1v) is 9.81. The van der Waals surface area contributed by atoms with Crippen molar-refractivity contribution in [3.05, 3.63) is 29.8 Å². The second-order valence-corrected chi connectivity index (χ2v) is 8.45. The van der Waals surface area contributed by atoms with Gasteiger partial charge >= 0.3 is 0 Å². The second kappa shape index (κ2) is 7.39. The molecule has 1 aromatic rings. The van der Waals surface area contributed by atoms with Gasteiger partial charge in [0.25, 0.3) is 5.91 Å². The lowest BCUT2D eigenvalue weighted by Gasteiger charge is -2.37. The second-order valence-electron chi connectivity index (χ2n) is 8.45.